The van der Waals surface area contributed by atoms with Crippen LogP contribution >= 0.6 is 0 Å². The average molecular weight is 502 g/mol. The summed E-state index contributed by atoms with van der Waals surface area (Å²) in [6.45, 7) is 0. The number of fused-ring (bicyclic) bond motifs is 1. The predicted molar refractivity (Wildman–Crippen MR) is 132 cm³/mol. The van der Waals surface area contributed by atoms with Crippen LogP contribution in [0.2, 0.25) is 0 Å². The van der Waals surface area contributed by atoms with Crippen molar-refractivity contribution < 1.29 is 28.2 Å². The van der Waals surface area contributed by atoms with Crippen LogP contribution in [0.4, 0.5) is 4.39 Å². The Morgan fingerprint density at radius 2 is 1.49 bits per heavy atom. The van der Waals surface area contributed by atoms with Crippen molar-refractivity contribution >= 4 is 22.6 Å². The molecule has 0 atom stereocenters. The molecule has 0 saturated heterocycles. The number of halogens is 1. The Hall–Kier alpha value is -4.40. The number of hydrogen-bond donors (Lipinski definition) is 0. The lowest BCUT2D eigenvalue weighted by molar-refractivity contribution is -0.133. The lowest BCUT2D eigenvalue weighted by Gasteiger charge is -2.14. The first-order valence-corrected chi connectivity index (χ1v) is 11.7. The summed E-state index contributed by atoms with van der Waals surface area (Å²) in [5.74, 6) is 0.911. The van der Waals surface area contributed by atoms with E-state index in [1.165, 1.54) is 32.7 Å². The maximum absolute atomic E-state index is 13.2. The Kier molecular flexibility index (Phi) is 6.52. The number of methoxy groups -OCH3 is 2. The van der Waals surface area contributed by atoms with Gasteiger partial charge < -0.3 is 14.2 Å². The molecule has 37 heavy (non-hydrogen) atoms. The molecular formula is C28H24FN3O5. The normalized spacial score (nSPS) is 13.7. The van der Waals surface area contributed by atoms with Gasteiger partial charge in [-0.2, -0.15) is 4.98 Å². The molecule has 0 aliphatic heterocycles. The minimum Gasteiger partial charge on any atom is -0.491 e. The van der Waals surface area contributed by atoms with Crippen molar-refractivity contribution in [3.8, 4) is 23.3 Å². The SMILES string of the molecule is COc1cc2ncnc(Oc3ccc(CC(=O)C4(C(=O)Cc5ccc(F)cc5)CC4)cc3)c2nc1OC. The molecule has 188 valence electrons. The van der Waals surface area contributed by atoms with Crippen LogP contribution in [0.3, 0.4) is 0 Å². The first kappa shape index (κ1) is 24.3. The van der Waals surface area contributed by atoms with Gasteiger partial charge in [0, 0.05) is 18.9 Å². The van der Waals surface area contributed by atoms with E-state index >= 15 is 0 Å². The number of nitrogens with zero attached hydrogens (tertiary/aromatic N) is 3. The van der Waals surface area contributed by atoms with Crippen LogP contribution in [0, 0.1) is 11.2 Å². The Morgan fingerprint density at radius 3 is 2.05 bits per heavy atom. The summed E-state index contributed by atoms with van der Waals surface area (Å²) >= 11 is 0. The second-order valence-corrected chi connectivity index (χ2v) is 8.90. The van der Waals surface area contributed by atoms with Gasteiger partial charge in [-0.15, -0.1) is 0 Å². The molecule has 0 N–H and O–H groups in total. The summed E-state index contributed by atoms with van der Waals surface area (Å²) in [5, 5.41) is 0. The summed E-state index contributed by atoms with van der Waals surface area (Å²) in [7, 11) is 3.01. The summed E-state index contributed by atoms with van der Waals surface area (Å²) in [4.78, 5) is 38.8. The fourth-order valence-electron chi connectivity index (χ4n) is 4.23. The number of aromatic nitrogens is 3. The van der Waals surface area contributed by atoms with E-state index in [1.807, 2.05) is 0 Å². The van der Waals surface area contributed by atoms with Gasteiger partial charge in [0.05, 0.1) is 19.6 Å². The minimum absolute atomic E-state index is 0.0969. The predicted octanol–water partition coefficient (Wildman–Crippen LogP) is 4.68. The molecule has 0 radical (unpaired) electrons. The summed E-state index contributed by atoms with van der Waals surface area (Å²) in [5.41, 5.74) is 1.49. The van der Waals surface area contributed by atoms with E-state index in [2.05, 4.69) is 15.0 Å². The highest BCUT2D eigenvalue weighted by Gasteiger charge is 2.54. The number of hydrogen-bond acceptors (Lipinski definition) is 8. The molecule has 0 unspecified atom stereocenters. The van der Waals surface area contributed by atoms with Crippen LogP contribution in [0.5, 0.6) is 23.3 Å². The summed E-state index contributed by atoms with van der Waals surface area (Å²) in [6.07, 6.45) is 2.74. The number of benzene rings is 2. The molecule has 9 heteroatoms. The van der Waals surface area contributed by atoms with Crippen molar-refractivity contribution in [2.75, 3.05) is 14.2 Å². The molecular weight excluding hydrogens is 477 g/mol. The monoisotopic (exact) mass is 501 g/mol. The maximum atomic E-state index is 13.2. The summed E-state index contributed by atoms with van der Waals surface area (Å²) < 4.78 is 29.6. The van der Waals surface area contributed by atoms with Crippen LogP contribution in [0.15, 0.2) is 60.9 Å². The molecule has 2 aromatic heterocycles. The van der Waals surface area contributed by atoms with Crippen molar-refractivity contribution in [2.24, 2.45) is 5.41 Å². The van der Waals surface area contributed by atoms with Crippen molar-refractivity contribution in [1.29, 1.82) is 0 Å². The van der Waals surface area contributed by atoms with E-state index in [0.29, 0.717) is 40.9 Å². The largest absolute Gasteiger partial charge is 0.491 e. The van der Waals surface area contributed by atoms with E-state index in [9.17, 15) is 14.0 Å². The van der Waals surface area contributed by atoms with Crippen LogP contribution < -0.4 is 14.2 Å². The van der Waals surface area contributed by atoms with Gasteiger partial charge in [0.25, 0.3) is 5.88 Å². The molecule has 0 amide bonds. The van der Waals surface area contributed by atoms with Gasteiger partial charge in [-0.3, -0.25) is 9.59 Å². The lowest BCUT2D eigenvalue weighted by Crippen LogP contribution is -2.28. The lowest BCUT2D eigenvalue weighted by atomic mass is 9.88. The maximum Gasteiger partial charge on any atom is 0.257 e. The van der Waals surface area contributed by atoms with Gasteiger partial charge >= 0.3 is 0 Å². The standard InChI is InChI=1S/C28H24FN3O5/c1-35-22-15-21-25(32-26(22)36-2)27(31-16-30-21)37-20-9-5-18(6-10-20)14-24(34)28(11-12-28)23(33)13-17-3-7-19(29)8-4-17/h3-10,15-16H,11-14H2,1-2H3. The fraction of sp³-hybridized carbons (Fsp3) is 0.250. The molecule has 8 nitrogen and oxygen atoms in total. The number of rotatable bonds is 10. The van der Waals surface area contributed by atoms with Crippen LogP contribution in [-0.2, 0) is 22.4 Å². The Balaban J connectivity index is 1.27. The third kappa shape index (κ3) is 4.97. The molecule has 1 saturated carbocycles. The molecule has 5 rings (SSSR count). The molecule has 2 heterocycles. The molecule has 1 fully saturated rings. The Labute approximate surface area is 212 Å². The van der Waals surface area contributed by atoms with E-state index in [0.717, 1.165) is 5.56 Å². The zero-order chi connectivity index (χ0) is 26.0. The zero-order valence-electron chi connectivity index (χ0n) is 20.4. The number of carbonyl (C=O) groups excluding carboxylic acids is 2. The molecule has 1 aliphatic rings. The van der Waals surface area contributed by atoms with Crippen molar-refractivity contribution in [3.05, 3.63) is 77.9 Å². The van der Waals surface area contributed by atoms with Crippen LogP contribution in [-0.4, -0.2) is 40.7 Å². The highest BCUT2D eigenvalue weighted by Crippen LogP contribution is 2.48. The molecule has 0 bridgehead atoms. The molecule has 4 aromatic rings. The van der Waals surface area contributed by atoms with Crippen molar-refractivity contribution in [2.45, 2.75) is 25.7 Å². The summed E-state index contributed by atoms with van der Waals surface area (Å²) in [6, 6.07) is 14.5. The number of Topliss-reactive ketones (excluding diaryl/α,β-unsaturated/α-hetero) is 2. The van der Waals surface area contributed by atoms with E-state index in [-0.39, 0.29) is 42.0 Å². The van der Waals surface area contributed by atoms with E-state index in [4.69, 9.17) is 14.2 Å². The van der Waals surface area contributed by atoms with Gasteiger partial charge in [0.2, 0.25) is 5.88 Å². The zero-order valence-corrected chi connectivity index (χ0v) is 20.4. The number of ketones is 2. The fourth-order valence-corrected chi connectivity index (χ4v) is 4.23. The van der Waals surface area contributed by atoms with Gasteiger partial charge in [0.1, 0.15) is 23.4 Å². The topological polar surface area (TPSA) is 101 Å². The smallest absolute Gasteiger partial charge is 0.257 e. The van der Waals surface area contributed by atoms with Gasteiger partial charge in [-0.1, -0.05) is 24.3 Å². The van der Waals surface area contributed by atoms with Crippen LogP contribution in [0.1, 0.15) is 24.0 Å². The second kappa shape index (κ2) is 9.93. The highest BCUT2D eigenvalue weighted by atomic mass is 19.1. The minimum atomic E-state index is -0.935. The molecule has 1 aliphatic carbocycles. The second-order valence-electron chi connectivity index (χ2n) is 8.90. The number of ether oxygens (including phenoxy) is 3. The third-order valence-corrected chi connectivity index (χ3v) is 6.52. The first-order valence-electron chi connectivity index (χ1n) is 11.7. The Morgan fingerprint density at radius 1 is 0.865 bits per heavy atom. The average Bonchev–Trinajstić information content (AvgIpc) is 3.73. The van der Waals surface area contributed by atoms with Crippen molar-refractivity contribution in [3.63, 3.8) is 0 Å². The number of carbonyl (C=O) groups is 2. The highest BCUT2D eigenvalue weighted by molar-refractivity contribution is 6.10. The van der Waals surface area contributed by atoms with Crippen LogP contribution in [0.25, 0.3) is 11.0 Å². The molecule has 2 aromatic carbocycles. The van der Waals surface area contributed by atoms with E-state index < -0.39 is 5.41 Å². The third-order valence-electron chi connectivity index (χ3n) is 6.52. The van der Waals surface area contributed by atoms with Gasteiger partial charge in [-0.25, -0.2) is 14.4 Å². The number of pyridine rings is 1. The van der Waals surface area contributed by atoms with Gasteiger partial charge in [0.15, 0.2) is 22.8 Å². The van der Waals surface area contributed by atoms with Crippen molar-refractivity contribution in [1.82, 2.24) is 15.0 Å². The van der Waals surface area contributed by atoms with E-state index in [1.54, 1.807) is 42.5 Å². The molecule has 0 spiro atoms. The Bertz CT molecular complexity index is 1470. The van der Waals surface area contributed by atoms with Gasteiger partial charge in [-0.05, 0) is 48.2 Å². The quantitative estimate of drug-likeness (QED) is 0.289. The first-order chi connectivity index (χ1) is 17.9.